The van der Waals surface area contributed by atoms with Gasteiger partial charge in [0.1, 0.15) is 11.7 Å². The molecule has 22 heavy (non-hydrogen) atoms. The first-order valence-electron chi connectivity index (χ1n) is 6.97. The zero-order valence-electron chi connectivity index (χ0n) is 13.1. The predicted molar refractivity (Wildman–Crippen MR) is 83.0 cm³/mol. The second-order valence-electron chi connectivity index (χ2n) is 5.22. The van der Waals surface area contributed by atoms with E-state index >= 15 is 0 Å². The van der Waals surface area contributed by atoms with Crippen molar-refractivity contribution in [3.8, 4) is 0 Å². The second kappa shape index (κ2) is 7.88. The molecule has 2 amide bonds. The van der Waals surface area contributed by atoms with E-state index in [0.717, 1.165) is 5.01 Å². The number of thiazole rings is 1. The summed E-state index contributed by atoms with van der Waals surface area (Å²) in [7, 11) is 0. The van der Waals surface area contributed by atoms with Crippen molar-refractivity contribution in [2.75, 3.05) is 13.1 Å². The maximum absolute atomic E-state index is 12.5. The Morgan fingerprint density at radius 1 is 1.36 bits per heavy atom. The van der Waals surface area contributed by atoms with Crippen LogP contribution in [0.2, 0.25) is 0 Å². The molecule has 0 aliphatic heterocycles. The topological polar surface area (TPSA) is 99.6 Å². The van der Waals surface area contributed by atoms with E-state index in [-0.39, 0.29) is 30.6 Å². The van der Waals surface area contributed by atoms with Gasteiger partial charge in [-0.2, -0.15) is 0 Å². The summed E-state index contributed by atoms with van der Waals surface area (Å²) in [5.74, 6) is -1.57. The summed E-state index contributed by atoms with van der Waals surface area (Å²) in [4.78, 5) is 40.1. The van der Waals surface area contributed by atoms with Gasteiger partial charge in [0, 0.05) is 31.3 Å². The molecule has 0 aliphatic carbocycles. The molecular weight excluding hydrogens is 306 g/mol. The largest absolute Gasteiger partial charge is 0.480 e. The molecule has 8 heteroatoms. The quantitative estimate of drug-likeness (QED) is 0.787. The number of nitrogens with one attached hydrogen (secondary N) is 1. The lowest BCUT2D eigenvalue weighted by Gasteiger charge is -2.25. The molecule has 0 aromatic carbocycles. The number of aromatic nitrogens is 1. The van der Waals surface area contributed by atoms with E-state index < -0.39 is 17.9 Å². The van der Waals surface area contributed by atoms with Gasteiger partial charge in [0.05, 0.1) is 5.01 Å². The van der Waals surface area contributed by atoms with Gasteiger partial charge < -0.3 is 15.3 Å². The van der Waals surface area contributed by atoms with Gasteiger partial charge in [-0.25, -0.2) is 9.78 Å². The van der Waals surface area contributed by atoms with Crippen molar-refractivity contribution < 1.29 is 19.5 Å². The maximum Gasteiger partial charge on any atom is 0.326 e. The lowest BCUT2D eigenvalue weighted by molar-refractivity contribution is -0.141. The van der Waals surface area contributed by atoms with Crippen LogP contribution < -0.4 is 5.32 Å². The molecule has 0 bridgehead atoms. The van der Waals surface area contributed by atoms with Gasteiger partial charge in [0.15, 0.2) is 0 Å². The zero-order chi connectivity index (χ0) is 16.9. The molecule has 1 aromatic rings. The summed E-state index contributed by atoms with van der Waals surface area (Å²) >= 11 is 1.38. The number of carbonyl (C=O) groups is 3. The molecule has 0 fully saturated rings. The molecule has 1 unspecified atom stereocenters. The lowest BCUT2D eigenvalue weighted by atomic mass is 10.2. The van der Waals surface area contributed by atoms with Crippen LogP contribution in [0.5, 0.6) is 0 Å². The maximum atomic E-state index is 12.5. The summed E-state index contributed by atoms with van der Waals surface area (Å²) in [5, 5.41) is 14.2. The summed E-state index contributed by atoms with van der Waals surface area (Å²) in [6, 6.07) is -0.995. The standard InChI is InChI=1S/C14H21N3O4S/c1-8(2)12-16-11(7-22-12)13(19)17(9(3)14(20)21)6-5-15-10(4)18/h7-9H,5-6H2,1-4H3,(H,15,18)(H,20,21). The van der Waals surface area contributed by atoms with E-state index in [0.29, 0.717) is 0 Å². The molecule has 0 radical (unpaired) electrons. The number of hydrogen-bond acceptors (Lipinski definition) is 5. The van der Waals surface area contributed by atoms with E-state index in [4.69, 9.17) is 5.11 Å². The number of carboxylic acid groups (broad SMARTS) is 1. The van der Waals surface area contributed by atoms with Crippen molar-refractivity contribution in [2.24, 2.45) is 0 Å². The molecular formula is C14H21N3O4S. The van der Waals surface area contributed by atoms with Gasteiger partial charge in [0.25, 0.3) is 5.91 Å². The van der Waals surface area contributed by atoms with Crippen LogP contribution in [0.25, 0.3) is 0 Å². The van der Waals surface area contributed by atoms with Gasteiger partial charge in [0.2, 0.25) is 5.91 Å². The third-order valence-electron chi connectivity index (χ3n) is 3.05. The Morgan fingerprint density at radius 2 is 2.00 bits per heavy atom. The van der Waals surface area contributed by atoms with Crippen LogP contribution >= 0.6 is 11.3 Å². The number of hydrogen-bond donors (Lipinski definition) is 2. The van der Waals surface area contributed by atoms with Crippen molar-refractivity contribution in [2.45, 2.75) is 39.7 Å². The highest BCUT2D eigenvalue weighted by molar-refractivity contribution is 7.09. The van der Waals surface area contributed by atoms with E-state index in [1.807, 2.05) is 13.8 Å². The molecule has 0 spiro atoms. The van der Waals surface area contributed by atoms with Gasteiger partial charge in [-0.05, 0) is 6.92 Å². The fraction of sp³-hybridized carbons (Fsp3) is 0.571. The summed E-state index contributed by atoms with van der Waals surface area (Å²) in [5.41, 5.74) is 0.240. The van der Waals surface area contributed by atoms with Crippen molar-refractivity contribution in [1.82, 2.24) is 15.2 Å². The smallest absolute Gasteiger partial charge is 0.326 e. The minimum atomic E-state index is -1.10. The molecule has 1 atom stereocenters. The zero-order valence-corrected chi connectivity index (χ0v) is 13.9. The Bertz CT molecular complexity index is 556. The number of nitrogens with zero attached hydrogens (tertiary/aromatic N) is 2. The molecule has 1 aromatic heterocycles. The molecule has 1 heterocycles. The minimum Gasteiger partial charge on any atom is -0.480 e. The van der Waals surface area contributed by atoms with E-state index in [1.165, 1.54) is 30.1 Å². The summed E-state index contributed by atoms with van der Waals surface area (Å²) in [6.07, 6.45) is 0. The van der Waals surface area contributed by atoms with Crippen molar-refractivity contribution in [1.29, 1.82) is 0 Å². The monoisotopic (exact) mass is 327 g/mol. The number of carbonyl (C=O) groups excluding carboxylic acids is 2. The van der Waals surface area contributed by atoms with Crippen molar-refractivity contribution >= 4 is 29.1 Å². The SMILES string of the molecule is CC(=O)NCCN(C(=O)c1csc(C(C)C)n1)C(C)C(=O)O. The molecule has 122 valence electrons. The van der Waals surface area contributed by atoms with Crippen LogP contribution in [0.1, 0.15) is 49.1 Å². The predicted octanol–water partition coefficient (Wildman–Crippen LogP) is 1.32. The summed E-state index contributed by atoms with van der Waals surface area (Å²) in [6.45, 7) is 7.05. The van der Waals surface area contributed by atoms with Crippen LogP contribution in [0.15, 0.2) is 5.38 Å². The number of aliphatic carboxylic acids is 1. The molecule has 0 saturated heterocycles. The van der Waals surface area contributed by atoms with E-state index in [9.17, 15) is 14.4 Å². The van der Waals surface area contributed by atoms with Crippen LogP contribution in [0.3, 0.4) is 0 Å². The highest BCUT2D eigenvalue weighted by atomic mass is 32.1. The van der Waals surface area contributed by atoms with Crippen LogP contribution in [0.4, 0.5) is 0 Å². The van der Waals surface area contributed by atoms with E-state index in [1.54, 1.807) is 5.38 Å². The lowest BCUT2D eigenvalue weighted by Crippen LogP contribution is -2.46. The second-order valence-corrected chi connectivity index (χ2v) is 6.11. The first-order valence-corrected chi connectivity index (χ1v) is 7.85. The Balaban J connectivity index is 2.90. The highest BCUT2D eigenvalue weighted by Gasteiger charge is 2.27. The van der Waals surface area contributed by atoms with Crippen molar-refractivity contribution in [3.63, 3.8) is 0 Å². The molecule has 7 nitrogen and oxygen atoms in total. The normalized spacial score (nSPS) is 12.0. The van der Waals surface area contributed by atoms with Gasteiger partial charge in [-0.3, -0.25) is 9.59 Å². The van der Waals surface area contributed by atoms with Crippen molar-refractivity contribution in [3.05, 3.63) is 16.1 Å². The van der Waals surface area contributed by atoms with E-state index in [2.05, 4.69) is 10.3 Å². The fourth-order valence-corrected chi connectivity index (χ4v) is 2.56. The van der Waals surface area contributed by atoms with Crippen LogP contribution in [0, 0.1) is 0 Å². The third kappa shape index (κ3) is 4.80. The Kier molecular flexibility index (Phi) is 6.48. The third-order valence-corrected chi connectivity index (χ3v) is 4.19. The highest BCUT2D eigenvalue weighted by Crippen LogP contribution is 2.20. The molecule has 1 rings (SSSR count). The van der Waals surface area contributed by atoms with Gasteiger partial charge in [-0.1, -0.05) is 13.8 Å². The van der Waals surface area contributed by atoms with Gasteiger partial charge >= 0.3 is 5.97 Å². The number of carboxylic acids is 1. The Morgan fingerprint density at radius 3 is 2.45 bits per heavy atom. The fourth-order valence-electron chi connectivity index (χ4n) is 1.75. The minimum absolute atomic E-state index is 0.112. The molecule has 2 N–H and O–H groups in total. The first-order chi connectivity index (χ1) is 10.2. The average molecular weight is 327 g/mol. The van der Waals surface area contributed by atoms with Crippen LogP contribution in [-0.4, -0.2) is 51.9 Å². The molecule has 0 aliphatic rings. The van der Waals surface area contributed by atoms with Crippen LogP contribution in [-0.2, 0) is 9.59 Å². The Labute approximate surface area is 133 Å². The van der Waals surface area contributed by atoms with Gasteiger partial charge in [-0.15, -0.1) is 11.3 Å². The Hall–Kier alpha value is -1.96. The average Bonchev–Trinajstić information content (AvgIpc) is 2.91. The summed E-state index contributed by atoms with van der Waals surface area (Å²) < 4.78 is 0. The molecule has 0 saturated carbocycles. The first kappa shape index (κ1) is 18.1. The number of amides is 2. The number of rotatable bonds is 7.